The molecule has 21 heavy (non-hydrogen) atoms. The molecule has 0 bridgehead atoms. The van der Waals surface area contributed by atoms with E-state index in [0.29, 0.717) is 29.2 Å². The lowest BCUT2D eigenvalue weighted by Crippen LogP contribution is -2.34. The third kappa shape index (κ3) is 4.61. The number of benzene rings is 1. The Labute approximate surface area is 130 Å². The van der Waals surface area contributed by atoms with Crippen molar-refractivity contribution >= 4 is 38.7 Å². The van der Waals surface area contributed by atoms with Crippen LogP contribution in [0.5, 0.6) is 0 Å². The lowest BCUT2D eigenvalue weighted by Gasteiger charge is -2.24. The minimum atomic E-state index is -2.97. The molecule has 1 aromatic rings. The van der Waals surface area contributed by atoms with Gasteiger partial charge in [0.1, 0.15) is 0 Å². The fourth-order valence-electron chi connectivity index (χ4n) is 2.32. The van der Waals surface area contributed by atoms with Crippen LogP contribution in [0.25, 0.3) is 0 Å². The van der Waals surface area contributed by atoms with Crippen LogP contribution < -0.4 is 10.6 Å². The van der Waals surface area contributed by atoms with Crippen molar-refractivity contribution in [2.45, 2.75) is 32.2 Å². The summed E-state index contributed by atoms with van der Waals surface area (Å²) in [6.07, 6.45) is 1.84. The van der Waals surface area contributed by atoms with Gasteiger partial charge in [-0.3, -0.25) is 4.79 Å². The highest BCUT2D eigenvalue weighted by atomic mass is 35.5. The van der Waals surface area contributed by atoms with Gasteiger partial charge in [-0.2, -0.15) is 0 Å². The maximum atomic E-state index is 11.7. The molecular formula is C14H19ClN2O3S. The molecule has 0 aromatic heterocycles. The number of hydrogen-bond donors (Lipinski definition) is 2. The molecule has 1 heterocycles. The quantitative estimate of drug-likeness (QED) is 0.890. The second-order valence-electron chi connectivity index (χ2n) is 5.19. The topological polar surface area (TPSA) is 75.3 Å². The zero-order chi connectivity index (χ0) is 15.5. The van der Waals surface area contributed by atoms with Crippen LogP contribution in [0.1, 0.15) is 26.2 Å². The smallest absolute Gasteiger partial charge is 0.224 e. The van der Waals surface area contributed by atoms with Crippen molar-refractivity contribution in [3.8, 4) is 0 Å². The number of rotatable bonds is 4. The van der Waals surface area contributed by atoms with Gasteiger partial charge in [0.15, 0.2) is 9.84 Å². The van der Waals surface area contributed by atoms with E-state index in [1.54, 1.807) is 25.1 Å². The molecule has 2 rings (SSSR count). The molecular weight excluding hydrogens is 312 g/mol. The number of carbonyl (C=O) groups is 1. The Balaban J connectivity index is 2.11. The Kier molecular flexibility index (Phi) is 5.11. The molecule has 1 amide bonds. The number of carbonyl (C=O) groups excluding carboxylic acids is 1. The average molecular weight is 331 g/mol. The minimum absolute atomic E-state index is 0.0801. The van der Waals surface area contributed by atoms with Crippen LogP contribution >= 0.6 is 11.6 Å². The summed E-state index contributed by atoms with van der Waals surface area (Å²) in [6, 6.07) is 5.00. The largest absolute Gasteiger partial charge is 0.380 e. The summed E-state index contributed by atoms with van der Waals surface area (Å²) in [5.74, 6) is 0.295. The summed E-state index contributed by atoms with van der Waals surface area (Å²) < 4.78 is 23.3. The van der Waals surface area contributed by atoms with Gasteiger partial charge in [0, 0.05) is 18.2 Å². The molecule has 1 unspecified atom stereocenters. The first-order valence-electron chi connectivity index (χ1n) is 6.96. The Morgan fingerprint density at radius 2 is 2.19 bits per heavy atom. The molecule has 7 heteroatoms. The van der Waals surface area contributed by atoms with Crippen LogP contribution in [0, 0.1) is 0 Å². The Hall–Kier alpha value is -1.27. The molecule has 1 saturated heterocycles. The van der Waals surface area contributed by atoms with E-state index < -0.39 is 9.84 Å². The summed E-state index contributed by atoms with van der Waals surface area (Å²) in [5.41, 5.74) is 1.29. The molecule has 1 aliphatic rings. The number of halogens is 1. The number of anilines is 2. The highest BCUT2D eigenvalue weighted by molar-refractivity contribution is 7.91. The van der Waals surface area contributed by atoms with Gasteiger partial charge in [-0.15, -0.1) is 0 Å². The lowest BCUT2D eigenvalue weighted by atomic mass is 10.1. The molecule has 0 saturated carbocycles. The second kappa shape index (κ2) is 6.66. The van der Waals surface area contributed by atoms with Gasteiger partial charge in [-0.25, -0.2) is 8.42 Å². The van der Waals surface area contributed by atoms with Crippen molar-refractivity contribution in [2.24, 2.45) is 0 Å². The van der Waals surface area contributed by atoms with Gasteiger partial charge in [-0.1, -0.05) is 18.5 Å². The average Bonchev–Trinajstić information content (AvgIpc) is 2.41. The molecule has 1 aliphatic heterocycles. The maximum absolute atomic E-state index is 11.7. The van der Waals surface area contributed by atoms with E-state index in [9.17, 15) is 13.2 Å². The van der Waals surface area contributed by atoms with Crippen LogP contribution in [0.3, 0.4) is 0 Å². The number of hydrogen-bond acceptors (Lipinski definition) is 4. The van der Waals surface area contributed by atoms with Gasteiger partial charge in [0.25, 0.3) is 0 Å². The first kappa shape index (κ1) is 16.1. The zero-order valence-electron chi connectivity index (χ0n) is 11.9. The van der Waals surface area contributed by atoms with Crippen molar-refractivity contribution in [1.29, 1.82) is 0 Å². The lowest BCUT2D eigenvalue weighted by molar-refractivity contribution is -0.115. The van der Waals surface area contributed by atoms with Crippen LogP contribution in [-0.4, -0.2) is 31.9 Å². The molecule has 1 aromatic carbocycles. The molecule has 5 nitrogen and oxygen atoms in total. The highest BCUT2D eigenvalue weighted by Crippen LogP contribution is 2.28. The Morgan fingerprint density at radius 1 is 1.43 bits per heavy atom. The van der Waals surface area contributed by atoms with Crippen molar-refractivity contribution in [2.75, 3.05) is 22.1 Å². The fraction of sp³-hybridized carbons (Fsp3) is 0.500. The Bertz CT molecular complexity index is 631. The van der Waals surface area contributed by atoms with E-state index in [0.717, 1.165) is 6.42 Å². The summed E-state index contributed by atoms with van der Waals surface area (Å²) in [4.78, 5) is 11.4. The van der Waals surface area contributed by atoms with E-state index in [4.69, 9.17) is 11.6 Å². The van der Waals surface area contributed by atoms with Gasteiger partial charge >= 0.3 is 0 Å². The van der Waals surface area contributed by atoms with Crippen molar-refractivity contribution < 1.29 is 13.2 Å². The van der Waals surface area contributed by atoms with Crippen molar-refractivity contribution in [3.63, 3.8) is 0 Å². The number of amides is 1. The van der Waals surface area contributed by atoms with E-state index in [2.05, 4.69) is 10.6 Å². The summed E-state index contributed by atoms with van der Waals surface area (Å²) in [7, 11) is -2.97. The third-order valence-electron chi connectivity index (χ3n) is 3.39. The Morgan fingerprint density at radius 3 is 2.86 bits per heavy atom. The van der Waals surface area contributed by atoms with E-state index >= 15 is 0 Å². The molecule has 1 fully saturated rings. The molecule has 0 radical (unpaired) electrons. The van der Waals surface area contributed by atoms with Crippen LogP contribution in [0.2, 0.25) is 5.02 Å². The van der Waals surface area contributed by atoms with Crippen LogP contribution in [0.15, 0.2) is 18.2 Å². The third-order valence-corrected chi connectivity index (χ3v) is 5.54. The number of nitrogens with one attached hydrogen (secondary N) is 2. The van der Waals surface area contributed by atoms with Crippen molar-refractivity contribution in [1.82, 2.24) is 0 Å². The molecule has 2 N–H and O–H groups in total. The highest BCUT2D eigenvalue weighted by Gasteiger charge is 2.25. The SMILES string of the molecule is CCC(=O)Nc1ccc(Cl)c(NC2CCCS(=O)(=O)C2)c1. The zero-order valence-corrected chi connectivity index (χ0v) is 13.4. The van der Waals surface area contributed by atoms with E-state index in [1.165, 1.54) is 0 Å². The van der Waals surface area contributed by atoms with Gasteiger partial charge in [-0.05, 0) is 31.0 Å². The number of sulfone groups is 1. The van der Waals surface area contributed by atoms with Gasteiger partial charge in [0.05, 0.1) is 22.2 Å². The van der Waals surface area contributed by atoms with E-state index in [1.807, 2.05) is 0 Å². The first-order valence-corrected chi connectivity index (χ1v) is 9.16. The molecule has 116 valence electrons. The standard InChI is InChI=1S/C14H19ClN2O3S/c1-2-14(18)17-10-5-6-12(15)13(8-10)16-11-4-3-7-21(19,20)9-11/h5-6,8,11,16H,2-4,7,9H2,1H3,(H,17,18). The van der Waals surface area contributed by atoms with E-state index in [-0.39, 0.29) is 23.5 Å². The van der Waals surface area contributed by atoms with Crippen molar-refractivity contribution in [3.05, 3.63) is 23.2 Å². The minimum Gasteiger partial charge on any atom is -0.380 e. The maximum Gasteiger partial charge on any atom is 0.224 e. The second-order valence-corrected chi connectivity index (χ2v) is 7.83. The van der Waals surface area contributed by atoms with Gasteiger partial charge in [0.2, 0.25) is 5.91 Å². The monoisotopic (exact) mass is 330 g/mol. The summed E-state index contributed by atoms with van der Waals surface area (Å²) in [6.45, 7) is 1.78. The molecule has 1 atom stereocenters. The first-order chi connectivity index (χ1) is 9.89. The normalized spacial score (nSPS) is 20.8. The fourth-order valence-corrected chi connectivity index (χ4v) is 4.13. The predicted octanol–water partition coefficient (Wildman–Crippen LogP) is 2.68. The molecule has 0 spiro atoms. The van der Waals surface area contributed by atoms with Crippen LogP contribution in [0.4, 0.5) is 11.4 Å². The molecule has 0 aliphatic carbocycles. The van der Waals surface area contributed by atoms with Crippen LogP contribution in [-0.2, 0) is 14.6 Å². The summed E-state index contributed by atoms with van der Waals surface area (Å²) >= 11 is 6.13. The van der Waals surface area contributed by atoms with Gasteiger partial charge < -0.3 is 10.6 Å². The summed E-state index contributed by atoms with van der Waals surface area (Å²) in [5, 5.41) is 6.44. The predicted molar refractivity (Wildman–Crippen MR) is 85.7 cm³/mol.